The van der Waals surface area contributed by atoms with Gasteiger partial charge in [-0.1, -0.05) is 49.3 Å². The van der Waals surface area contributed by atoms with Crippen molar-refractivity contribution in [3.8, 4) is 0 Å². The summed E-state index contributed by atoms with van der Waals surface area (Å²) in [6.07, 6.45) is 15.2. The Morgan fingerprint density at radius 3 is 2.71 bits per heavy atom. The Morgan fingerprint density at radius 2 is 2.10 bits per heavy atom. The average Bonchev–Trinajstić information content (AvgIpc) is 2.46. The third-order valence-corrected chi connectivity index (χ3v) is 6.21. The first-order valence-electron chi connectivity index (χ1n) is 8.96. The molecule has 3 unspecified atom stereocenters. The Balaban J connectivity index is 1.92. The van der Waals surface area contributed by atoms with E-state index in [1.807, 2.05) is 0 Å². The van der Waals surface area contributed by atoms with Gasteiger partial charge in [0.15, 0.2) is 0 Å². The van der Waals surface area contributed by atoms with Gasteiger partial charge in [0, 0.05) is 0 Å². The van der Waals surface area contributed by atoms with E-state index in [1.165, 1.54) is 56.9 Å². The molecule has 0 aromatic heterocycles. The van der Waals surface area contributed by atoms with Crippen LogP contribution in [0.2, 0.25) is 0 Å². The van der Waals surface area contributed by atoms with Gasteiger partial charge in [-0.3, -0.25) is 0 Å². The fourth-order valence-corrected chi connectivity index (χ4v) is 4.60. The summed E-state index contributed by atoms with van der Waals surface area (Å²) in [7, 11) is 0. The van der Waals surface area contributed by atoms with Crippen LogP contribution in [-0.2, 0) is 0 Å². The first-order chi connectivity index (χ1) is 9.96. The van der Waals surface area contributed by atoms with Crippen molar-refractivity contribution in [2.24, 2.45) is 17.3 Å². The molecule has 2 aliphatic rings. The second kappa shape index (κ2) is 6.99. The maximum atomic E-state index is 4.44. The van der Waals surface area contributed by atoms with E-state index in [9.17, 15) is 0 Å². The van der Waals surface area contributed by atoms with Crippen molar-refractivity contribution in [2.75, 3.05) is 0 Å². The molecule has 0 aromatic carbocycles. The monoisotopic (exact) mass is 286 g/mol. The van der Waals surface area contributed by atoms with Crippen molar-refractivity contribution in [3.63, 3.8) is 0 Å². The van der Waals surface area contributed by atoms with Crippen molar-refractivity contribution < 1.29 is 0 Å². The maximum absolute atomic E-state index is 4.44. The molecular weight excluding hydrogens is 252 g/mol. The van der Waals surface area contributed by atoms with Gasteiger partial charge in [0.1, 0.15) is 0 Å². The molecular formula is C21H34. The van der Waals surface area contributed by atoms with Gasteiger partial charge < -0.3 is 0 Å². The van der Waals surface area contributed by atoms with Crippen LogP contribution in [0.1, 0.15) is 79.1 Å². The van der Waals surface area contributed by atoms with Crippen molar-refractivity contribution in [3.05, 3.63) is 35.5 Å². The van der Waals surface area contributed by atoms with Crippen LogP contribution >= 0.6 is 0 Å². The topological polar surface area (TPSA) is 0 Å². The molecule has 0 fully saturated rings. The lowest BCUT2D eigenvalue weighted by Gasteiger charge is -2.42. The van der Waals surface area contributed by atoms with Crippen molar-refractivity contribution in [1.82, 2.24) is 0 Å². The molecule has 118 valence electrons. The van der Waals surface area contributed by atoms with E-state index < -0.39 is 0 Å². The summed E-state index contributed by atoms with van der Waals surface area (Å²) >= 11 is 0. The fraction of sp³-hybridized carbons (Fsp3) is 0.714. The summed E-state index contributed by atoms with van der Waals surface area (Å²) in [6.45, 7) is 13.9. The largest absolute Gasteiger partial charge is 0.0996 e. The molecule has 0 amide bonds. The van der Waals surface area contributed by atoms with E-state index >= 15 is 0 Å². The fourth-order valence-electron chi connectivity index (χ4n) is 4.60. The van der Waals surface area contributed by atoms with Gasteiger partial charge in [0.2, 0.25) is 0 Å². The highest BCUT2D eigenvalue weighted by molar-refractivity contribution is 5.15. The number of hydrogen-bond donors (Lipinski definition) is 0. The molecule has 2 rings (SSSR count). The normalized spacial score (nSPS) is 33.3. The summed E-state index contributed by atoms with van der Waals surface area (Å²) in [5.74, 6) is 1.53. The Labute approximate surface area is 132 Å². The number of allylic oxidation sites excluding steroid dienone is 5. The second-order valence-electron chi connectivity index (χ2n) is 7.78. The smallest absolute Gasteiger partial charge is 0.0154 e. The zero-order chi connectivity index (χ0) is 15.5. The van der Waals surface area contributed by atoms with Crippen LogP contribution in [0.25, 0.3) is 0 Å². The minimum Gasteiger partial charge on any atom is -0.0996 e. The molecule has 0 aliphatic heterocycles. The molecule has 0 nitrogen and oxygen atoms in total. The quantitative estimate of drug-likeness (QED) is 0.485. The first kappa shape index (κ1) is 16.6. The van der Waals surface area contributed by atoms with Crippen molar-refractivity contribution in [2.45, 2.75) is 79.1 Å². The molecule has 0 aromatic rings. The molecule has 2 aliphatic carbocycles. The van der Waals surface area contributed by atoms with Gasteiger partial charge in [-0.15, -0.1) is 0 Å². The highest BCUT2D eigenvalue weighted by atomic mass is 14.4. The summed E-state index contributed by atoms with van der Waals surface area (Å²) in [5.41, 5.74) is 5.22. The summed E-state index contributed by atoms with van der Waals surface area (Å²) in [5, 5.41) is 0. The lowest BCUT2D eigenvalue weighted by molar-refractivity contribution is 0.164. The van der Waals surface area contributed by atoms with E-state index in [0.717, 1.165) is 11.8 Å². The van der Waals surface area contributed by atoms with Gasteiger partial charge in [0.05, 0.1) is 0 Å². The molecule has 0 N–H and O–H groups in total. The van der Waals surface area contributed by atoms with Crippen LogP contribution in [0.5, 0.6) is 0 Å². The molecule has 0 saturated heterocycles. The van der Waals surface area contributed by atoms with Crippen LogP contribution < -0.4 is 0 Å². The molecule has 0 saturated carbocycles. The SMILES string of the molecule is C=C(CCC1(C)CCC=C(C)C1CC)C1CC=C(C)CC1. The lowest BCUT2D eigenvalue weighted by atomic mass is 9.63. The molecule has 0 heteroatoms. The molecule has 0 radical (unpaired) electrons. The van der Waals surface area contributed by atoms with Gasteiger partial charge >= 0.3 is 0 Å². The molecule has 0 heterocycles. The molecule has 3 atom stereocenters. The summed E-state index contributed by atoms with van der Waals surface area (Å²) in [6, 6.07) is 0. The van der Waals surface area contributed by atoms with Gasteiger partial charge in [0.25, 0.3) is 0 Å². The van der Waals surface area contributed by atoms with Crippen molar-refractivity contribution in [1.29, 1.82) is 0 Å². The van der Waals surface area contributed by atoms with Crippen LogP contribution in [0.15, 0.2) is 35.5 Å². The third-order valence-electron chi connectivity index (χ3n) is 6.21. The molecule has 0 bridgehead atoms. The van der Waals surface area contributed by atoms with Crippen LogP contribution in [0, 0.1) is 17.3 Å². The number of rotatable bonds is 5. The highest BCUT2D eigenvalue weighted by Crippen LogP contribution is 2.47. The van der Waals surface area contributed by atoms with E-state index in [4.69, 9.17) is 0 Å². The molecule has 0 spiro atoms. The Hall–Kier alpha value is -0.780. The minimum atomic E-state index is 0.497. The minimum absolute atomic E-state index is 0.497. The zero-order valence-electron chi connectivity index (χ0n) is 14.7. The third kappa shape index (κ3) is 3.90. The van der Waals surface area contributed by atoms with Crippen LogP contribution in [-0.4, -0.2) is 0 Å². The van der Waals surface area contributed by atoms with Crippen molar-refractivity contribution >= 4 is 0 Å². The Kier molecular flexibility index (Phi) is 5.52. The van der Waals surface area contributed by atoms with E-state index in [0.29, 0.717) is 5.41 Å². The van der Waals surface area contributed by atoms with E-state index in [-0.39, 0.29) is 0 Å². The van der Waals surface area contributed by atoms with E-state index in [2.05, 4.69) is 46.4 Å². The standard InChI is InChI=1S/C21H34/c1-6-20-18(4)8-7-14-21(20,5)15-13-17(3)19-11-9-16(2)10-12-19/h8-9,19-20H,3,6-7,10-15H2,1-2,4-5H3. The zero-order valence-corrected chi connectivity index (χ0v) is 14.7. The molecule has 21 heavy (non-hydrogen) atoms. The van der Waals surface area contributed by atoms with Crippen LogP contribution in [0.4, 0.5) is 0 Å². The van der Waals surface area contributed by atoms with Gasteiger partial charge in [-0.25, -0.2) is 0 Å². The maximum Gasteiger partial charge on any atom is -0.0154 e. The summed E-state index contributed by atoms with van der Waals surface area (Å²) < 4.78 is 0. The predicted octanol–water partition coefficient (Wildman–Crippen LogP) is 6.84. The van der Waals surface area contributed by atoms with E-state index in [1.54, 1.807) is 11.1 Å². The average molecular weight is 287 g/mol. The van der Waals surface area contributed by atoms with Gasteiger partial charge in [-0.05, 0) is 82.5 Å². The second-order valence-corrected chi connectivity index (χ2v) is 7.78. The Bertz CT molecular complexity index is 437. The predicted molar refractivity (Wildman–Crippen MR) is 94.4 cm³/mol. The van der Waals surface area contributed by atoms with Gasteiger partial charge in [-0.2, -0.15) is 0 Å². The summed E-state index contributed by atoms with van der Waals surface area (Å²) in [4.78, 5) is 0. The van der Waals surface area contributed by atoms with Crippen LogP contribution in [0.3, 0.4) is 0 Å². The first-order valence-corrected chi connectivity index (χ1v) is 8.96. The lowest BCUT2D eigenvalue weighted by Crippen LogP contribution is -2.31. The Morgan fingerprint density at radius 1 is 1.33 bits per heavy atom. The highest BCUT2D eigenvalue weighted by Gasteiger charge is 2.35. The number of hydrogen-bond acceptors (Lipinski definition) is 0.